The minimum Gasteiger partial charge on any atom is -0.486 e. The van der Waals surface area contributed by atoms with Crippen LogP contribution in [0.25, 0.3) is 0 Å². The molecular formula is C14H18BrNO2. The average molecular weight is 312 g/mol. The molecule has 0 spiro atoms. The molecule has 1 unspecified atom stereocenters. The van der Waals surface area contributed by atoms with E-state index in [-0.39, 0.29) is 0 Å². The Balaban J connectivity index is 1.76. The van der Waals surface area contributed by atoms with Gasteiger partial charge in [0.15, 0.2) is 11.5 Å². The van der Waals surface area contributed by atoms with Gasteiger partial charge in [-0.1, -0.05) is 15.9 Å². The smallest absolute Gasteiger partial charge is 0.162 e. The van der Waals surface area contributed by atoms with Gasteiger partial charge in [0.25, 0.3) is 0 Å². The van der Waals surface area contributed by atoms with Gasteiger partial charge < -0.3 is 14.8 Å². The van der Waals surface area contributed by atoms with E-state index in [0.717, 1.165) is 28.4 Å². The zero-order valence-corrected chi connectivity index (χ0v) is 12.1. The van der Waals surface area contributed by atoms with Crippen LogP contribution in [0, 0.1) is 5.92 Å². The van der Waals surface area contributed by atoms with Crippen molar-refractivity contribution in [2.24, 2.45) is 5.92 Å². The minimum absolute atomic E-state index is 0.329. The lowest BCUT2D eigenvalue weighted by atomic mass is 10.1. The van der Waals surface area contributed by atoms with E-state index in [1.54, 1.807) is 0 Å². The van der Waals surface area contributed by atoms with Gasteiger partial charge in [-0.3, -0.25) is 0 Å². The third-order valence-corrected chi connectivity index (χ3v) is 4.22. The van der Waals surface area contributed by atoms with Gasteiger partial charge in [0, 0.05) is 10.5 Å². The first kappa shape index (κ1) is 12.3. The normalized spacial score (nSPS) is 19.7. The van der Waals surface area contributed by atoms with Crippen molar-refractivity contribution in [2.45, 2.75) is 25.8 Å². The van der Waals surface area contributed by atoms with Gasteiger partial charge in [-0.15, -0.1) is 0 Å². The molecule has 0 amide bonds. The van der Waals surface area contributed by atoms with Crippen LogP contribution in [0.2, 0.25) is 0 Å². The number of ether oxygens (including phenoxy) is 2. The minimum atomic E-state index is 0.329. The van der Waals surface area contributed by atoms with E-state index >= 15 is 0 Å². The van der Waals surface area contributed by atoms with Crippen LogP contribution in [0.15, 0.2) is 16.6 Å². The molecule has 0 saturated heterocycles. The van der Waals surface area contributed by atoms with Crippen LogP contribution < -0.4 is 14.8 Å². The lowest BCUT2D eigenvalue weighted by molar-refractivity contribution is 0.171. The number of benzene rings is 1. The van der Waals surface area contributed by atoms with Crippen molar-refractivity contribution in [1.82, 2.24) is 5.32 Å². The molecule has 18 heavy (non-hydrogen) atoms. The van der Waals surface area contributed by atoms with Crippen LogP contribution >= 0.6 is 15.9 Å². The molecule has 0 radical (unpaired) electrons. The van der Waals surface area contributed by atoms with E-state index in [2.05, 4.69) is 34.2 Å². The predicted octanol–water partition coefficient (Wildman–Crippen LogP) is 3.28. The van der Waals surface area contributed by atoms with Crippen LogP contribution in [0.1, 0.15) is 31.4 Å². The van der Waals surface area contributed by atoms with E-state index in [4.69, 9.17) is 9.47 Å². The third-order valence-electron chi connectivity index (χ3n) is 3.54. The molecule has 1 N–H and O–H groups in total. The summed E-state index contributed by atoms with van der Waals surface area (Å²) in [6.45, 7) is 4.58. The van der Waals surface area contributed by atoms with Crippen molar-refractivity contribution in [3.8, 4) is 11.5 Å². The standard InChI is InChI=1S/C14H18BrNO2/c1-9(16-8-10-2-3-10)11-6-13-14(7-12(11)15)18-5-4-17-13/h6-7,9-10,16H,2-5,8H2,1H3. The predicted molar refractivity (Wildman–Crippen MR) is 74.3 cm³/mol. The Hall–Kier alpha value is -0.740. The lowest BCUT2D eigenvalue weighted by Crippen LogP contribution is -2.22. The van der Waals surface area contributed by atoms with Crippen molar-refractivity contribution < 1.29 is 9.47 Å². The molecule has 1 aromatic rings. The Morgan fingerprint density at radius 3 is 2.61 bits per heavy atom. The number of hydrogen-bond acceptors (Lipinski definition) is 3. The fourth-order valence-corrected chi connectivity index (χ4v) is 2.85. The summed E-state index contributed by atoms with van der Waals surface area (Å²) in [4.78, 5) is 0. The number of nitrogens with one attached hydrogen (secondary N) is 1. The molecule has 1 aliphatic heterocycles. The zero-order valence-electron chi connectivity index (χ0n) is 10.5. The monoisotopic (exact) mass is 311 g/mol. The molecule has 1 saturated carbocycles. The van der Waals surface area contributed by atoms with Gasteiger partial charge in [-0.05, 0) is 49.9 Å². The maximum atomic E-state index is 5.63. The highest BCUT2D eigenvalue weighted by Crippen LogP contribution is 2.38. The summed E-state index contributed by atoms with van der Waals surface area (Å²) in [5.74, 6) is 2.59. The first-order valence-electron chi connectivity index (χ1n) is 6.56. The molecule has 1 atom stereocenters. The maximum Gasteiger partial charge on any atom is 0.162 e. The number of rotatable bonds is 4. The summed E-state index contributed by atoms with van der Waals surface area (Å²) in [6.07, 6.45) is 2.75. The topological polar surface area (TPSA) is 30.5 Å². The van der Waals surface area contributed by atoms with Gasteiger partial charge >= 0.3 is 0 Å². The largest absolute Gasteiger partial charge is 0.486 e. The van der Waals surface area contributed by atoms with E-state index in [9.17, 15) is 0 Å². The summed E-state index contributed by atoms with van der Waals surface area (Å²) >= 11 is 3.62. The van der Waals surface area contributed by atoms with Crippen LogP contribution in [0.4, 0.5) is 0 Å². The summed E-state index contributed by atoms with van der Waals surface area (Å²) in [7, 11) is 0. The fourth-order valence-electron chi connectivity index (χ4n) is 2.19. The Morgan fingerprint density at radius 2 is 1.94 bits per heavy atom. The summed E-state index contributed by atoms with van der Waals surface area (Å²) in [5.41, 5.74) is 1.24. The van der Waals surface area contributed by atoms with Gasteiger partial charge in [0.2, 0.25) is 0 Å². The van der Waals surface area contributed by atoms with Crippen molar-refractivity contribution in [1.29, 1.82) is 0 Å². The number of fused-ring (bicyclic) bond motifs is 1. The first-order valence-corrected chi connectivity index (χ1v) is 7.36. The quantitative estimate of drug-likeness (QED) is 0.925. The lowest BCUT2D eigenvalue weighted by Gasteiger charge is -2.22. The second-order valence-electron chi connectivity index (χ2n) is 5.09. The molecule has 3 nitrogen and oxygen atoms in total. The molecule has 98 valence electrons. The highest BCUT2D eigenvalue weighted by atomic mass is 79.9. The van der Waals surface area contributed by atoms with Gasteiger partial charge in [0.05, 0.1) is 0 Å². The number of halogens is 1. The Bertz CT molecular complexity index is 446. The van der Waals surface area contributed by atoms with E-state index < -0.39 is 0 Å². The first-order chi connectivity index (χ1) is 8.74. The summed E-state index contributed by atoms with van der Waals surface area (Å²) in [5, 5.41) is 3.58. The molecule has 1 aliphatic carbocycles. The van der Waals surface area contributed by atoms with Gasteiger partial charge in [-0.25, -0.2) is 0 Å². The fraction of sp³-hybridized carbons (Fsp3) is 0.571. The third kappa shape index (κ3) is 2.64. The van der Waals surface area contributed by atoms with Crippen LogP contribution in [0.5, 0.6) is 11.5 Å². The molecule has 1 aromatic carbocycles. The second kappa shape index (κ2) is 5.10. The van der Waals surface area contributed by atoms with Gasteiger partial charge in [-0.2, -0.15) is 0 Å². The average Bonchev–Trinajstić information content (AvgIpc) is 3.19. The summed E-state index contributed by atoms with van der Waals surface area (Å²) in [6, 6.07) is 4.43. The zero-order chi connectivity index (χ0) is 12.5. The summed E-state index contributed by atoms with van der Waals surface area (Å²) < 4.78 is 12.3. The number of hydrogen-bond donors (Lipinski definition) is 1. The highest BCUT2D eigenvalue weighted by Gasteiger charge is 2.23. The molecular weight excluding hydrogens is 294 g/mol. The SMILES string of the molecule is CC(NCC1CC1)c1cc2c(cc1Br)OCCO2. The van der Waals surface area contributed by atoms with Crippen molar-refractivity contribution in [3.05, 3.63) is 22.2 Å². The molecule has 1 fully saturated rings. The molecule has 0 aromatic heterocycles. The van der Waals surface area contributed by atoms with Crippen LogP contribution in [-0.4, -0.2) is 19.8 Å². The molecule has 3 rings (SSSR count). The molecule has 0 bridgehead atoms. The molecule has 4 heteroatoms. The molecule has 1 heterocycles. The van der Waals surface area contributed by atoms with E-state index in [1.165, 1.54) is 18.4 Å². The molecule has 2 aliphatic rings. The van der Waals surface area contributed by atoms with E-state index in [1.807, 2.05) is 6.07 Å². The van der Waals surface area contributed by atoms with Crippen LogP contribution in [-0.2, 0) is 0 Å². The second-order valence-corrected chi connectivity index (χ2v) is 5.95. The van der Waals surface area contributed by atoms with Crippen molar-refractivity contribution in [3.63, 3.8) is 0 Å². The van der Waals surface area contributed by atoms with Crippen molar-refractivity contribution in [2.75, 3.05) is 19.8 Å². The highest BCUT2D eigenvalue weighted by molar-refractivity contribution is 9.10. The van der Waals surface area contributed by atoms with Gasteiger partial charge in [0.1, 0.15) is 13.2 Å². The maximum absolute atomic E-state index is 5.63. The Labute approximate surface area is 116 Å². The Morgan fingerprint density at radius 1 is 1.28 bits per heavy atom. The Kier molecular flexibility index (Phi) is 3.48. The van der Waals surface area contributed by atoms with Crippen molar-refractivity contribution >= 4 is 15.9 Å². The van der Waals surface area contributed by atoms with Crippen LogP contribution in [0.3, 0.4) is 0 Å². The van der Waals surface area contributed by atoms with E-state index in [0.29, 0.717) is 19.3 Å².